The standard InChI is InChI=1S/C19H24N2O3/c1-2-24-18(22)8-5-11-20-19(23)13-9-10-17-15(12-13)14-6-3-4-7-16(14)21-17/h9-10,12,21H,2-8,11H2,1H3,(H,20,23). The van der Waals surface area contributed by atoms with Gasteiger partial charge in [0.1, 0.15) is 0 Å². The second-order valence-corrected chi connectivity index (χ2v) is 6.21. The second-order valence-electron chi connectivity index (χ2n) is 6.21. The van der Waals surface area contributed by atoms with Crippen LogP contribution in [-0.4, -0.2) is 30.0 Å². The summed E-state index contributed by atoms with van der Waals surface area (Å²) in [6, 6.07) is 5.82. The van der Waals surface area contributed by atoms with Gasteiger partial charge in [-0.05, 0) is 62.8 Å². The maximum absolute atomic E-state index is 12.3. The number of rotatable bonds is 6. The van der Waals surface area contributed by atoms with Gasteiger partial charge in [-0.3, -0.25) is 9.59 Å². The van der Waals surface area contributed by atoms with Crippen molar-refractivity contribution in [2.24, 2.45) is 0 Å². The maximum atomic E-state index is 12.3. The van der Waals surface area contributed by atoms with Crippen molar-refractivity contribution in [2.45, 2.75) is 45.4 Å². The van der Waals surface area contributed by atoms with Gasteiger partial charge in [0.2, 0.25) is 0 Å². The third-order valence-electron chi connectivity index (χ3n) is 4.51. The fourth-order valence-corrected chi connectivity index (χ4v) is 3.32. The molecule has 5 nitrogen and oxygen atoms in total. The average Bonchev–Trinajstić information content (AvgIpc) is 2.96. The zero-order chi connectivity index (χ0) is 16.9. The van der Waals surface area contributed by atoms with Gasteiger partial charge in [-0.15, -0.1) is 0 Å². The summed E-state index contributed by atoms with van der Waals surface area (Å²) in [7, 11) is 0. The van der Waals surface area contributed by atoms with Crippen LogP contribution in [0.2, 0.25) is 0 Å². The number of aromatic nitrogens is 1. The minimum absolute atomic E-state index is 0.0912. The number of esters is 1. The van der Waals surface area contributed by atoms with E-state index in [1.165, 1.54) is 29.5 Å². The van der Waals surface area contributed by atoms with Crippen LogP contribution >= 0.6 is 0 Å². The Labute approximate surface area is 141 Å². The largest absolute Gasteiger partial charge is 0.466 e. The van der Waals surface area contributed by atoms with Crippen molar-refractivity contribution in [3.63, 3.8) is 0 Å². The predicted octanol–water partition coefficient (Wildman–Crippen LogP) is 3.12. The average molecular weight is 328 g/mol. The van der Waals surface area contributed by atoms with Crippen molar-refractivity contribution in [1.29, 1.82) is 0 Å². The van der Waals surface area contributed by atoms with Gasteiger partial charge < -0.3 is 15.0 Å². The Morgan fingerprint density at radius 3 is 2.92 bits per heavy atom. The Hall–Kier alpha value is -2.30. The van der Waals surface area contributed by atoms with Gasteiger partial charge in [0.15, 0.2) is 0 Å². The van der Waals surface area contributed by atoms with Crippen molar-refractivity contribution in [3.05, 3.63) is 35.0 Å². The Bertz CT molecular complexity index is 748. The van der Waals surface area contributed by atoms with E-state index in [4.69, 9.17) is 4.74 Å². The first-order valence-corrected chi connectivity index (χ1v) is 8.76. The number of hydrogen-bond donors (Lipinski definition) is 2. The molecule has 1 amide bonds. The lowest BCUT2D eigenvalue weighted by molar-refractivity contribution is -0.143. The third-order valence-corrected chi connectivity index (χ3v) is 4.51. The zero-order valence-corrected chi connectivity index (χ0v) is 14.1. The summed E-state index contributed by atoms with van der Waals surface area (Å²) in [5.41, 5.74) is 4.48. The van der Waals surface area contributed by atoms with Gasteiger partial charge in [-0.2, -0.15) is 0 Å². The Morgan fingerprint density at radius 1 is 1.25 bits per heavy atom. The monoisotopic (exact) mass is 328 g/mol. The normalized spacial score (nSPS) is 13.5. The molecule has 0 fully saturated rings. The highest BCUT2D eigenvalue weighted by Gasteiger charge is 2.16. The molecule has 0 aliphatic heterocycles. The number of carbonyl (C=O) groups excluding carboxylic acids is 2. The van der Waals surface area contributed by atoms with E-state index in [1.807, 2.05) is 18.2 Å². The van der Waals surface area contributed by atoms with Crippen LogP contribution in [0.3, 0.4) is 0 Å². The molecule has 24 heavy (non-hydrogen) atoms. The smallest absolute Gasteiger partial charge is 0.305 e. The van der Waals surface area contributed by atoms with Crippen molar-refractivity contribution in [2.75, 3.05) is 13.2 Å². The second kappa shape index (κ2) is 7.51. The molecule has 0 saturated heterocycles. The highest BCUT2D eigenvalue weighted by Crippen LogP contribution is 2.29. The van der Waals surface area contributed by atoms with Gasteiger partial charge in [-0.1, -0.05) is 0 Å². The van der Waals surface area contributed by atoms with E-state index in [0.717, 1.165) is 18.4 Å². The number of fused-ring (bicyclic) bond motifs is 3. The lowest BCUT2D eigenvalue weighted by atomic mass is 9.95. The van der Waals surface area contributed by atoms with Crippen molar-refractivity contribution < 1.29 is 14.3 Å². The van der Waals surface area contributed by atoms with E-state index < -0.39 is 0 Å². The van der Waals surface area contributed by atoms with Crippen LogP contribution in [0.1, 0.15) is 54.2 Å². The molecule has 1 aliphatic carbocycles. The minimum atomic E-state index is -0.216. The molecule has 1 aliphatic rings. The van der Waals surface area contributed by atoms with Crippen LogP contribution in [0.15, 0.2) is 18.2 Å². The van der Waals surface area contributed by atoms with Crippen LogP contribution < -0.4 is 5.32 Å². The molecule has 3 rings (SSSR count). The molecular weight excluding hydrogens is 304 g/mol. The summed E-state index contributed by atoms with van der Waals surface area (Å²) in [4.78, 5) is 27.1. The van der Waals surface area contributed by atoms with Crippen LogP contribution in [0.4, 0.5) is 0 Å². The molecule has 0 unspecified atom stereocenters. The van der Waals surface area contributed by atoms with E-state index >= 15 is 0 Å². The quantitative estimate of drug-likeness (QED) is 0.632. The van der Waals surface area contributed by atoms with E-state index in [0.29, 0.717) is 31.6 Å². The molecule has 1 aromatic heterocycles. The van der Waals surface area contributed by atoms with Crippen LogP contribution in [-0.2, 0) is 22.4 Å². The highest BCUT2D eigenvalue weighted by molar-refractivity contribution is 5.99. The Morgan fingerprint density at radius 2 is 2.08 bits per heavy atom. The SMILES string of the molecule is CCOC(=O)CCCNC(=O)c1ccc2[nH]c3c(c2c1)CCCC3. The van der Waals surface area contributed by atoms with Crippen molar-refractivity contribution in [3.8, 4) is 0 Å². The van der Waals surface area contributed by atoms with E-state index in [1.54, 1.807) is 6.92 Å². The van der Waals surface area contributed by atoms with Crippen LogP contribution in [0, 0.1) is 0 Å². The molecule has 128 valence electrons. The fraction of sp³-hybridized carbons (Fsp3) is 0.474. The Kier molecular flexibility index (Phi) is 5.18. The van der Waals surface area contributed by atoms with Gasteiger partial charge in [0, 0.05) is 35.1 Å². The van der Waals surface area contributed by atoms with Gasteiger partial charge in [0.25, 0.3) is 5.91 Å². The number of ether oxygens (including phenoxy) is 1. The minimum Gasteiger partial charge on any atom is -0.466 e. The summed E-state index contributed by atoms with van der Waals surface area (Å²) in [5, 5.41) is 4.05. The summed E-state index contributed by atoms with van der Waals surface area (Å²) in [6.07, 6.45) is 5.54. The first-order valence-electron chi connectivity index (χ1n) is 8.76. The molecule has 0 saturated carbocycles. The molecule has 2 aromatic rings. The van der Waals surface area contributed by atoms with Crippen LogP contribution in [0.25, 0.3) is 10.9 Å². The van der Waals surface area contributed by atoms with E-state index in [2.05, 4.69) is 10.3 Å². The first kappa shape index (κ1) is 16.6. The van der Waals surface area contributed by atoms with Gasteiger partial charge in [-0.25, -0.2) is 0 Å². The fourth-order valence-electron chi connectivity index (χ4n) is 3.32. The summed E-state index contributed by atoms with van der Waals surface area (Å²) < 4.78 is 4.87. The van der Waals surface area contributed by atoms with E-state index in [9.17, 15) is 9.59 Å². The predicted molar refractivity (Wildman–Crippen MR) is 93.1 cm³/mol. The molecule has 0 bridgehead atoms. The number of aromatic amines is 1. The molecule has 1 heterocycles. The highest BCUT2D eigenvalue weighted by atomic mass is 16.5. The maximum Gasteiger partial charge on any atom is 0.305 e. The molecule has 2 N–H and O–H groups in total. The number of amides is 1. The number of hydrogen-bond acceptors (Lipinski definition) is 3. The molecular formula is C19H24N2O3. The lowest BCUT2D eigenvalue weighted by Gasteiger charge is -2.10. The van der Waals surface area contributed by atoms with Gasteiger partial charge in [0.05, 0.1) is 6.61 Å². The Balaban J connectivity index is 1.62. The molecule has 1 aromatic carbocycles. The van der Waals surface area contributed by atoms with Gasteiger partial charge >= 0.3 is 5.97 Å². The lowest BCUT2D eigenvalue weighted by Crippen LogP contribution is -2.25. The van der Waals surface area contributed by atoms with Crippen molar-refractivity contribution in [1.82, 2.24) is 10.3 Å². The topological polar surface area (TPSA) is 71.2 Å². The van der Waals surface area contributed by atoms with E-state index in [-0.39, 0.29) is 11.9 Å². The molecule has 0 atom stereocenters. The van der Waals surface area contributed by atoms with Crippen LogP contribution in [0.5, 0.6) is 0 Å². The molecule has 0 spiro atoms. The summed E-state index contributed by atoms with van der Waals surface area (Å²) in [5.74, 6) is -0.307. The number of H-pyrrole nitrogens is 1. The first-order chi connectivity index (χ1) is 11.7. The zero-order valence-electron chi connectivity index (χ0n) is 14.1. The summed E-state index contributed by atoms with van der Waals surface area (Å²) in [6.45, 7) is 2.66. The van der Waals surface area contributed by atoms with Crippen molar-refractivity contribution >= 4 is 22.8 Å². The number of carbonyl (C=O) groups is 2. The number of nitrogens with one attached hydrogen (secondary N) is 2. The molecule has 0 radical (unpaired) electrons. The number of benzene rings is 1. The third kappa shape index (κ3) is 3.61. The number of aryl methyl sites for hydroxylation is 2. The molecule has 5 heteroatoms. The summed E-state index contributed by atoms with van der Waals surface area (Å²) >= 11 is 0.